The van der Waals surface area contributed by atoms with Gasteiger partial charge in [-0.15, -0.1) is 0 Å². The average molecular weight is 479 g/mol. The number of halogens is 3. The van der Waals surface area contributed by atoms with Crippen molar-refractivity contribution in [2.45, 2.75) is 26.6 Å². The number of nitrogen functional groups attached to an aromatic ring is 1. The fourth-order valence-corrected chi connectivity index (χ4v) is 3.90. The van der Waals surface area contributed by atoms with Crippen molar-refractivity contribution in [2.75, 3.05) is 12.3 Å². The molecule has 2 heterocycles. The van der Waals surface area contributed by atoms with Gasteiger partial charge in [0.05, 0.1) is 23.3 Å². The smallest absolute Gasteiger partial charge is 0.383 e. The van der Waals surface area contributed by atoms with E-state index in [0.29, 0.717) is 29.1 Å². The van der Waals surface area contributed by atoms with Gasteiger partial charge in [0.2, 0.25) is 0 Å². The molecule has 0 aliphatic rings. The van der Waals surface area contributed by atoms with Gasteiger partial charge in [-0.3, -0.25) is 9.78 Å². The molecule has 2 N–H and O–H groups in total. The first-order valence-electron chi connectivity index (χ1n) is 11.2. The molecule has 4 aromatic rings. The van der Waals surface area contributed by atoms with Crippen molar-refractivity contribution in [3.05, 3.63) is 89.7 Å². The first kappa shape index (κ1) is 24.2. The van der Waals surface area contributed by atoms with Gasteiger partial charge in [0.1, 0.15) is 5.82 Å². The van der Waals surface area contributed by atoms with Crippen LogP contribution in [0.4, 0.5) is 19.0 Å². The van der Waals surface area contributed by atoms with Crippen LogP contribution in [0.15, 0.2) is 72.9 Å². The van der Waals surface area contributed by atoms with Gasteiger partial charge in [0.25, 0.3) is 5.91 Å². The van der Waals surface area contributed by atoms with E-state index in [1.54, 1.807) is 23.1 Å². The van der Waals surface area contributed by atoms with E-state index in [2.05, 4.69) is 9.97 Å². The summed E-state index contributed by atoms with van der Waals surface area (Å²) in [5.41, 5.74) is 8.56. The lowest BCUT2D eigenvalue weighted by atomic mass is 10.0. The summed E-state index contributed by atoms with van der Waals surface area (Å²) in [4.78, 5) is 23.5. The molecule has 0 fully saturated rings. The second-order valence-corrected chi connectivity index (χ2v) is 8.81. The van der Waals surface area contributed by atoms with Crippen LogP contribution < -0.4 is 5.73 Å². The summed E-state index contributed by atoms with van der Waals surface area (Å²) < 4.78 is 38.6. The quantitative estimate of drug-likeness (QED) is 0.358. The Morgan fingerprint density at radius 3 is 2.40 bits per heavy atom. The molecule has 0 saturated carbocycles. The first-order chi connectivity index (χ1) is 16.6. The number of benzene rings is 2. The summed E-state index contributed by atoms with van der Waals surface area (Å²) in [6, 6.07) is 19.0. The van der Waals surface area contributed by atoms with E-state index < -0.39 is 11.7 Å². The number of rotatable bonds is 6. The number of anilines is 1. The van der Waals surface area contributed by atoms with Crippen LogP contribution >= 0.6 is 0 Å². The standard InChI is InChI=1S/C27H25F3N4O/c1-17(2)15-34(16-22-10-9-21(14-32-22)27(28,29)30)26(35)19-8-11-24-20(12-19)13-23(25(31)33-24)18-6-4-3-5-7-18/h3-14,17H,15-16H2,1-2H3,(H2,31,33). The van der Waals surface area contributed by atoms with Crippen LogP contribution in [0.1, 0.15) is 35.5 Å². The van der Waals surface area contributed by atoms with Gasteiger partial charge in [0, 0.05) is 29.3 Å². The molecule has 2 aromatic carbocycles. The highest BCUT2D eigenvalue weighted by Crippen LogP contribution is 2.30. The summed E-state index contributed by atoms with van der Waals surface area (Å²) >= 11 is 0. The molecule has 0 aliphatic heterocycles. The molecule has 2 aromatic heterocycles. The van der Waals surface area contributed by atoms with Gasteiger partial charge in [-0.25, -0.2) is 4.98 Å². The Morgan fingerprint density at radius 2 is 1.77 bits per heavy atom. The Kier molecular flexibility index (Phi) is 6.73. The second-order valence-electron chi connectivity index (χ2n) is 8.81. The Balaban J connectivity index is 1.65. The molecule has 1 amide bonds. The van der Waals surface area contributed by atoms with Crippen molar-refractivity contribution in [3.8, 4) is 11.1 Å². The Hall–Kier alpha value is -3.94. The molecule has 0 unspecified atom stereocenters. The van der Waals surface area contributed by atoms with E-state index in [1.165, 1.54) is 6.07 Å². The van der Waals surface area contributed by atoms with Gasteiger partial charge < -0.3 is 10.6 Å². The van der Waals surface area contributed by atoms with Crippen LogP contribution in [-0.2, 0) is 12.7 Å². The van der Waals surface area contributed by atoms with Crippen LogP contribution in [-0.4, -0.2) is 27.3 Å². The van der Waals surface area contributed by atoms with Crippen LogP contribution in [0, 0.1) is 5.92 Å². The maximum absolute atomic E-state index is 13.4. The van der Waals surface area contributed by atoms with E-state index >= 15 is 0 Å². The normalized spacial score (nSPS) is 11.7. The molecule has 0 aliphatic carbocycles. The second kappa shape index (κ2) is 9.74. The number of amides is 1. The van der Waals surface area contributed by atoms with Crippen LogP contribution in [0.5, 0.6) is 0 Å². The predicted molar refractivity (Wildman–Crippen MR) is 130 cm³/mol. The van der Waals surface area contributed by atoms with Crippen LogP contribution in [0.25, 0.3) is 22.0 Å². The number of nitrogens with two attached hydrogens (primary N) is 1. The molecule has 0 saturated heterocycles. The first-order valence-corrected chi connectivity index (χ1v) is 11.2. The van der Waals surface area contributed by atoms with Crippen molar-refractivity contribution >= 4 is 22.6 Å². The topological polar surface area (TPSA) is 72.1 Å². The molecule has 0 atom stereocenters. The molecule has 0 bridgehead atoms. The highest BCUT2D eigenvalue weighted by atomic mass is 19.4. The van der Waals surface area contributed by atoms with Crippen molar-refractivity contribution in [1.29, 1.82) is 0 Å². The Labute approximate surface area is 201 Å². The van der Waals surface area contributed by atoms with E-state index in [9.17, 15) is 18.0 Å². The third-order valence-electron chi connectivity index (χ3n) is 5.55. The van der Waals surface area contributed by atoms with Crippen molar-refractivity contribution in [3.63, 3.8) is 0 Å². The molecular formula is C27H25F3N4O. The lowest BCUT2D eigenvalue weighted by Gasteiger charge is -2.25. The van der Waals surface area contributed by atoms with Gasteiger partial charge in [-0.2, -0.15) is 13.2 Å². The fourth-order valence-electron chi connectivity index (χ4n) is 3.90. The molecule has 0 radical (unpaired) electrons. The monoisotopic (exact) mass is 478 g/mol. The third kappa shape index (κ3) is 5.59. The number of alkyl halides is 3. The van der Waals surface area contributed by atoms with Crippen molar-refractivity contribution < 1.29 is 18.0 Å². The summed E-state index contributed by atoms with van der Waals surface area (Å²) in [7, 11) is 0. The summed E-state index contributed by atoms with van der Waals surface area (Å²) in [5, 5.41) is 0.765. The minimum atomic E-state index is -4.46. The minimum absolute atomic E-state index is 0.0996. The molecule has 0 spiro atoms. The van der Waals surface area contributed by atoms with E-state index in [0.717, 1.165) is 28.8 Å². The zero-order valence-corrected chi connectivity index (χ0v) is 19.4. The molecule has 5 nitrogen and oxygen atoms in total. The zero-order chi connectivity index (χ0) is 25.2. The third-order valence-corrected chi connectivity index (χ3v) is 5.55. The van der Waals surface area contributed by atoms with Crippen molar-refractivity contribution in [2.24, 2.45) is 5.92 Å². The number of carbonyl (C=O) groups is 1. The minimum Gasteiger partial charge on any atom is -0.383 e. The maximum atomic E-state index is 13.4. The zero-order valence-electron chi connectivity index (χ0n) is 19.4. The summed E-state index contributed by atoms with van der Waals surface area (Å²) in [6.45, 7) is 4.47. The van der Waals surface area contributed by atoms with Crippen LogP contribution in [0.3, 0.4) is 0 Å². The Morgan fingerprint density at radius 1 is 1.03 bits per heavy atom. The molecule has 35 heavy (non-hydrogen) atoms. The summed E-state index contributed by atoms with van der Waals surface area (Å²) in [5.74, 6) is 0.318. The van der Waals surface area contributed by atoms with Gasteiger partial charge in [0.15, 0.2) is 0 Å². The number of hydrogen-bond acceptors (Lipinski definition) is 4. The number of hydrogen-bond donors (Lipinski definition) is 1. The van der Waals surface area contributed by atoms with Crippen molar-refractivity contribution in [1.82, 2.24) is 14.9 Å². The number of pyridine rings is 2. The number of carbonyl (C=O) groups excluding carboxylic acids is 1. The largest absolute Gasteiger partial charge is 0.417 e. The molecule has 4 rings (SSSR count). The summed E-state index contributed by atoms with van der Waals surface area (Å²) in [6.07, 6.45) is -3.66. The van der Waals surface area contributed by atoms with E-state index in [4.69, 9.17) is 5.73 Å². The Bertz CT molecular complexity index is 1340. The maximum Gasteiger partial charge on any atom is 0.417 e. The highest BCUT2D eigenvalue weighted by Gasteiger charge is 2.30. The number of fused-ring (bicyclic) bond motifs is 1. The lowest BCUT2D eigenvalue weighted by molar-refractivity contribution is -0.137. The van der Waals surface area contributed by atoms with E-state index in [-0.39, 0.29) is 18.4 Å². The predicted octanol–water partition coefficient (Wildman–Crippen LogP) is 6.20. The molecule has 8 heteroatoms. The number of aromatic nitrogens is 2. The lowest BCUT2D eigenvalue weighted by Crippen LogP contribution is -2.34. The fraction of sp³-hybridized carbons (Fsp3) is 0.222. The average Bonchev–Trinajstić information content (AvgIpc) is 2.82. The molecule has 180 valence electrons. The SMILES string of the molecule is CC(C)CN(Cc1ccc(C(F)(F)F)cn1)C(=O)c1ccc2nc(N)c(-c3ccccc3)cc2c1. The van der Waals surface area contributed by atoms with Gasteiger partial charge >= 0.3 is 6.18 Å². The van der Waals surface area contributed by atoms with Gasteiger partial charge in [-0.1, -0.05) is 44.2 Å². The number of nitrogens with zero attached hydrogens (tertiary/aromatic N) is 3. The van der Waals surface area contributed by atoms with Crippen LogP contribution in [0.2, 0.25) is 0 Å². The van der Waals surface area contributed by atoms with E-state index in [1.807, 2.05) is 50.2 Å². The molecular weight excluding hydrogens is 453 g/mol. The highest BCUT2D eigenvalue weighted by molar-refractivity contribution is 5.99. The van der Waals surface area contributed by atoms with Gasteiger partial charge in [-0.05, 0) is 47.9 Å².